The molecular weight excluding hydrogens is 322 g/mol. The lowest BCUT2D eigenvalue weighted by Gasteiger charge is -2.18. The highest BCUT2D eigenvalue weighted by Crippen LogP contribution is 2.31. The van der Waals surface area contributed by atoms with Crippen molar-refractivity contribution in [2.45, 2.75) is 6.42 Å². The number of anilines is 1. The molecule has 0 saturated carbocycles. The Hall–Kier alpha value is -1.40. The van der Waals surface area contributed by atoms with Crippen LogP contribution in [0.4, 0.5) is 5.69 Å². The number of likely N-dealkylation sites (N-methyl/N-ethyl adjacent to an activating group) is 1. The van der Waals surface area contributed by atoms with Gasteiger partial charge in [-0.2, -0.15) is 0 Å². The molecule has 1 aliphatic rings. The minimum Gasteiger partial charge on any atom is -0.355 e. The largest absolute Gasteiger partial charge is 0.355 e. The first kappa shape index (κ1) is 15.0. The van der Waals surface area contributed by atoms with Crippen molar-refractivity contribution in [1.82, 2.24) is 10.6 Å². The van der Waals surface area contributed by atoms with Gasteiger partial charge in [-0.05, 0) is 35.1 Å². The summed E-state index contributed by atoms with van der Waals surface area (Å²) in [6, 6.07) is 7.55. The molecule has 1 saturated heterocycles. The van der Waals surface area contributed by atoms with Crippen molar-refractivity contribution in [3.63, 3.8) is 0 Å². The molecule has 6 heteroatoms. The van der Waals surface area contributed by atoms with Gasteiger partial charge in [0.05, 0.1) is 11.6 Å². The van der Waals surface area contributed by atoms with Gasteiger partial charge < -0.3 is 15.5 Å². The predicted molar refractivity (Wildman–Crippen MR) is 81.5 cm³/mol. The molecule has 0 bridgehead atoms. The Bertz CT molecular complexity index is 507. The van der Waals surface area contributed by atoms with Gasteiger partial charge in [0.1, 0.15) is 0 Å². The van der Waals surface area contributed by atoms with Crippen LogP contribution in [-0.4, -0.2) is 38.5 Å². The smallest absolute Gasteiger partial charge is 0.227 e. The average Bonchev–Trinajstić information content (AvgIpc) is 2.81. The number of hydrogen-bond acceptors (Lipinski definition) is 3. The van der Waals surface area contributed by atoms with Gasteiger partial charge in [-0.3, -0.25) is 9.59 Å². The summed E-state index contributed by atoms with van der Waals surface area (Å²) in [5, 5.41) is 5.81. The van der Waals surface area contributed by atoms with Crippen molar-refractivity contribution in [2.75, 3.05) is 31.6 Å². The van der Waals surface area contributed by atoms with Gasteiger partial charge >= 0.3 is 0 Å². The van der Waals surface area contributed by atoms with Crippen LogP contribution in [0.15, 0.2) is 28.7 Å². The van der Waals surface area contributed by atoms with Gasteiger partial charge in [0.25, 0.3) is 0 Å². The van der Waals surface area contributed by atoms with Gasteiger partial charge in [-0.25, -0.2) is 0 Å². The van der Waals surface area contributed by atoms with Crippen LogP contribution >= 0.6 is 15.9 Å². The predicted octanol–water partition coefficient (Wildman–Crippen LogP) is 1.14. The maximum absolute atomic E-state index is 12.1. The van der Waals surface area contributed by atoms with E-state index in [1.807, 2.05) is 31.3 Å². The first-order valence-corrected chi connectivity index (χ1v) is 7.40. The number of para-hydroxylation sites is 1. The van der Waals surface area contributed by atoms with E-state index in [0.717, 1.165) is 16.7 Å². The quantitative estimate of drug-likeness (QED) is 0.791. The second kappa shape index (κ2) is 6.85. The van der Waals surface area contributed by atoms with Crippen molar-refractivity contribution in [1.29, 1.82) is 0 Å². The molecule has 0 aliphatic carbocycles. The lowest BCUT2D eigenvalue weighted by molar-refractivity contribution is -0.126. The van der Waals surface area contributed by atoms with Crippen LogP contribution in [0.5, 0.6) is 0 Å². The molecule has 1 aromatic rings. The number of benzene rings is 1. The van der Waals surface area contributed by atoms with Crippen molar-refractivity contribution in [2.24, 2.45) is 5.92 Å². The summed E-state index contributed by atoms with van der Waals surface area (Å²) in [6.45, 7) is 1.74. The normalized spacial score (nSPS) is 18.4. The van der Waals surface area contributed by atoms with E-state index in [1.165, 1.54) is 0 Å². The Morgan fingerprint density at radius 1 is 1.40 bits per heavy atom. The first-order chi connectivity index (χ1) is 9.63. The molecule has 20 heavy (non-hydrogen) atoms. The van der Waals surface area contributed by atoms with Gasteiger partial charge in [-0.1, -0.05) is 12.1 Å². The van der Waals surface area contributed by atoms with Crippen LogP contribution < -0.4 is 15.5 Å². The molecule has 2 rings (SSSR count). The van der Waals surface area contributed by atoms with E-state index in [4.69, 9.17) is 0 Å². The maximum atomic E-state index is 12.1. The van der Waals surface area contributed by atoms with Gasteiger partial charge in [-0.15, -0.1) is 0 Å². The molecule has 2 N–H and O–H groups in total. The zero-order valence-corrected chi connectivity index (χ0v) is 12.9. The minimum atomic E-state index is -0.272. The van der Waals surface area contributed by atoms with E-state index in [1.54, 1.807) is 4.90 Å². The Morgan fingerprint density at radius 3 is 2.85 bits per heavy atom. The van der Waals surface area contributed by atoms with Crippen LogP contribution in [0.1, 0.15) is 6.42 Å². The zero-order valence-electron chi connectivity index (χ0n) is 11.4. The molecule has 1 aromatic carbocycles. The molecule has 0 radical (unpaired) electrons. The summed E-state index contributed by atoms with van der Waals surface area (Å²) in [7, 11) is 1.83. The Labute approximate surface area is 126 Å². The molecule has 0 spiro atoms. The fourth-order valence-electron chi connectivity index (χ4n) is 2.24. The lowest BCUT2D eigenvalue weighted by Crippen LogP contribution is -2.36. The third-order valence-electron chi connectivity index (χ3n) is 3.31. The molecule has 1 atom stereocenters. The molecule has 0 aromatic heterocycles. The number of halogens is 1. The van der Waals surface area contributed by atoms with E-state index >= 15 is 0 Å². The number of nitrogens with one attached hydrogen (secondary N) is 2. The van der Waals surface area contributed by atoms with Gasteiger partial charge in [0.15, 0.2) is 0 Å². The third-order valence-corrected chi connectivity index (χ3v) is 3.98. The van der Waals surface area contributed by atoms with Crippen molar-refractivity contribution in [3.8, 4) is 0 Å². The van der Waals surface area contributed by atoms with Crippen molar-refractivity contribution < 1.29 is 9.59 Å². The maximum Gasteiger partial charge on any atom is 0.227 e. The second-order valence-corrected chi connectivity index (χ2v) is 5.61. The highest BCUT2D eigenvalue weighted by Gasteiger charge is 2.35. The van der Waals surface area contributed by atoms with Crippen LogP contribution in [0, 0.1) is 5.92 Å². The fourth-order valence-corrected chi connectivity index (χ4v) is 2.74. The lowest BCUT2D eigenvalue weighted by atomic mass is 10.1. The van der Waals surface area contributed by atoms with E-state index in [2.05, 4.69) is 26.6 Å². The third kappa shape index (κ3) is 3.37. The number of carbonyl (C=O) groups excluding carboxylic acids is 2. The standard InChI is InChI=1S/C14H18BrN3O2/c1-16-6-7-17-14(20)10-8-13(19)18(9-10)12-5-3-2-4-11(12)15/h2-5,10,16H,6-9H2,1H3,(H,17,20). The molecule has 2 amide bonds. The fraction of sp³-hybridized carbons (Fsp3) is 0.429. The molecule has 5 nitrogen and oxygen atoms in total. The summed E-state index contributed by atoms with van der Waals surface area (Å²) in [5.74, 6) is -0.333. The Balaban J connectivity index is 2.00. The average molecular weight is 340 g/mol. The zero-order chi connectivity index (χ0) is 14.5. The SMILES string of the molecule is CNCCNC(=O)C1CC(=O)N(c2ccccc2Br)C1. The van der Waals surface area contributed by atoms with E-state index in [9.17, 15) is 9.59 Å². The molecular formula is C14H18BrN3O2. The van der Waals surface area contributed by atoms with Gasteiger partial charge in [0.2, 0.25) is 11.8 Å². The molecule has 1 unspecified atom stereocenters. The van der Waals surface area contributed by atoms with E-state index in [0.29, 0.717) is 13.1 Å². The van der Waals surface area contributed by atoms with Gasteiger partial charge in [0, 0.05) is 30.5 Å². The number of carbonyl (C=O) groups is 2. The summed E-state index contributed by atoms with van der Waals surface area (Å²) >= 11 is 3.44. The summed E-state index contributed by atoms with van der Waals surface area (Å²) in [6.07, 6.45) is 0.271. The first-order valence-electron chi connectivity index (χ1n) is 6.60. The molecule has 108 valence electrons. The van der Waals surface area contributed by atoms with Crippen molar-refractivity contribution in [3.05, 3.63) is 28.7 Å². The Kier molecular flexibility index (Phi) is 5.14. The number of nitrogens with zero attached hydrogens (tertiary/aromatic N) is 1. The number of amides is 2. The van der Waals surface area contributed by atoms with E-state index in [-0.39, 0.29) is 24.2 Å². The molecule has 1 heterocycles. The van der Waals surface area contributed by atoms with Crippen LogP contribution in [0.3, 0.4) is 0 Å². The minimum absolute atomic E-state index is 0.00864. The summed E-state index contributed by atoms with van der Waals surface area (Å²) in [5.41, 5.74) is 0.822. The highest BCUT2D eigenvalue weighted by molar-refractivity contribution is 9.10. The second-order valence-electron chi connectivity index (χ2n) is 4.75. The number of hydrogen-bond donors (Lipinski definition) is 2. The summed E-state index contributed by atoms with van der Waals surface area (Å²) in [4.78, 5) is 25.8. The van der Waals surface area contributed by atoms with E-state index < -0.39 is 0 Å². The summed E-state index contributed by atoms with van der Waals surface area (Å²) < 4.78 is 0.865. The monoisotopic (exact) mass is 339 g/mol. The van der Waals surface area contributed by atoms with Crippen molar-refractivity contribution >= 4 is 33.4 Å². The van der Waals surface area contributed by atoms with Crippen LogP contribution in [-0.2, 0) is 9.59 Å². The topological polar surface area (TPSA) is 61.4 Å². The molecule has 1 fully saturated rings. The van der Waals surface area contributed by atoms with Crippen LogP contribution in [0.2, 0.25) is 0 Å². The molecule has 1 aliphatic heterocycles. The van der Waals surface area contributed by atoms with Crippen LogP contribution in [0.25, 0.3) is 0 Å². The number of rotatable bonds is 5. The highest BCUT2D eigenvalue weighted by atomic mass is 79.9. The Morgan fingerprint density at radius 2 is 2.15 bits per heavy atom.